The Balaban J connectivity index is 1.94. The zero-order valence-corrected chi connectivity index (χ0v) is 11.3. The van der Waals surface area contributed by atoms with Gasteiger partial charge in [-0.05, 0) is 51.9 Å². The lowest BCUT2D eigenvalue weighted by atomic mass is 9.82. The highest BCUT2D eigenvalue weighted by atomic mass is 16.1. The fourth-order valence-electron chi connectivity index (χ4n) is 3.32. The van der Waals surface area contributed by atoms with E-state index in [1.807, 2.05) is 0 Å². The molecule has 3 fully saturated rings. The maximum absolute atomic E-state index is 12.3. The fourth-order valence-corrected chi connectivity index (χ4v) is 3.32. The van der Waals surface area contributed by atoms with Crippen LogP contribution < -0.4 is 0 Å². The van der Waals surface area contributed by atoms with Crippen LogP contribution in [0.5, 0.6) is 0 Å². The third-order valence-corrected chi connectivity index (χ3v) is 4.21. The predicted octanol–water partition coefficient (Wildman–Crippen LogP) is 1.77. The van der Waals surface area contributed by atoms with Crippen molar-refractivity contribution in [2.45, 2.75) is 45.6 Å². The molecule has 17 heavy (non-hydrogen) atoms. The van der Waals surface area contributed by atoms with Crippen molar-refractivity contribution in [2.75, 3.05) is 32.7 Å². The molecule has 0 aromatic rings. The monoisotopic (exact) mass is 238 g/mol. The first-order chi connectivity index (χ1) is 8.26. The van der Waals surface area contributed by atoms with E-state index in [0.717, 1.165) is 45.6 Å². The first kappa shape index (κ1) is 13.0. The van der Waals surface area contributed by atoms with Crippen LogP contribution in [0.1, 0.15) is 39.5 Å². The van der Waals surface area contributed by atoms with Gasteiger partial charge in [-0.2, -0.15) is 0 Å². The average molecular weight is 238 g/mol. The van der Waals surface area contributed by atoms with E-state index in [4.69, 9.17) is 0 Å². The quantitative estimate of drug-likeness (QED) is 0.704. The zero-order valence-electron chi connectivity index (χ0n) is 11.3. The normalized spacial score (nSPS) is 32.4. The first-order valence-electron chi connectivity index (χ1n) is 7.26. The lowest BCUT2D eigenvalue weighted by Crippen LogP contribution is -2.59. The van der Waals surface area contributed by atoms with Gasteiger partial charge in [0.2, 0.25) is 0 Å². The Morgan fingerprint density at radius 1 is 1.18 bits per heavy atom. The summed E-state index contributed by atoms with van der Waals surface area (Å²) in [4.78, 5) is 17.2. The van der Waals surface area contributed by atoms with Crippen molar-refractivity contribution in [3.05, 3.63) is 0 Å². The lowest BCUT2D eigenvalue weighted by Gasteiger charge is -2.45. The third-order valence-electron chi connectivity index (χ3n) is 4.21. The summed E-state index contributed by atoms with van der Waals surface area (Å²) in [7, 11) is 0. The Kier molecular flexibility index (Phi) is 4.57. The summed E-state index contributed by atoms with van der Waals surface area (Å²) in [5, 5.41) is 0. The van der Waals surface area contributed by atoms with Crippen LogP contribution in [0.3, 0.4) is 0 Å². The minimum atomic E-state index is 0.209. The molecular weight excluding hydrogens is 212 g/mol. The maximum Gasteiger partial charge on any atom is 0.154 e. The van der Waals surface area contributed by atoms with Crippen LogP contribution >= 0.6 is 0 Å². The molecule has 0 aliphatic carbocycles. The molecule has 0 aromatic heterocycles. The molecule has 3 heterocycles. The second-order valence-corrected chi connectivity index (χ2v) is 5.53. The molecule has 2 bridgehead atoms. The summed E-state index contributed by atoms with van der Waals surface area (Å²) in [6.07, 6.45) is 4.59. The third kappa shape index (κ3) is 2.89. The van der Waals surface area contributed by atoms with Gasteiger partial charge in [0.25, 0.3) is 0 Å². The van der Waals surface area contributed by atoms with Gasteiger partial charge in [0.1, 0.15) is 0 Å². The molecule has 3 aliphatic rings. The molecule has 3 saturated heterocycles. The number of carbonyl (C=O) groups is 1. The first-order valence-corrected chi connectivity index (χ1v) is 7.26. The molecular formula is C14H26N2O. The van der Waals surface area contributed by atoms with E-state index in [1.165, 1.54) is 12.8 Å². The van der Waals surface area contributed by atoms with Crippen molar-refractivity contribution in [3.63, 3.8) is 0 Å². The van der Waals surface area contributed by atoms with E-state index >= 15 is 0 Å². The number of rotatable bonds is 6. The van der Waals surface area contributed by atoms with Crippen molar-refractivity contribution >= 4 is 5.78 Å². The standard InChI is InChI=1S/C14H26N2O/c1-3-7-15(8-4-2)11-13-14(17)12-5-9-16(13)10-6-12/h12-13H,3-11H2,1-2H3. The molecule has 0 amide bonds. The summed E-state index contributed by atoms with van der Waals surface area (Å²) in [5.41, 5.74) is 0. The van der Waals surface area contributed by atoms with Gasteiger partial charge in [-0.3, -0.25) is 9.69 Å². The Bertz CT molecular complexity index is 253. The number of Topliss-reactive ketones (excluding diaryl/α,β-unsaturated/α-hetero) is 1. The van der Waals surface area contributed by atoms with E-state index in [0.29, 0.717) is 11.7 Å². The minimum Gasteiger partial charge on any atom is -0.301 e. The van der Waals surface area contributed by atoms with Crippen molar-refractivity contribution in [2.24, 2.45) is 5.92 Å². The SMILES string of the molecule is CCCN(CCC)CC1C(=O)C2CCN1CC2. The average Bonchev–Trinajstić information content (AvgIpc) is 2.35. The predicted molar refractivity (Wildman–Crippen MR) is 70.1 cm³/mol. The number of nitrogens with zero attached hydrogens (tertiary/aromatic N) is 2. The minimum absolute atomic E-state index is 0.209. The van der Waals surface area contributed by atoms with Gasteiger partial charge in [-0.15, -0.1) is 0 Å². The Morgan fingerprint density at radius 2 is 1.76 bits per heavy atom. The summed E-state index contributed by atoms with van der Waals surface area (Å²) in [6, 6.07) is 0.209. The number of fused-ring (bicyclic) bond motifs is 3. The van der Waals surface area contributed by atoms with Crippen molar-refractivity contribution < 1.29 is 4.79 Å². The molecule has 1 unspecified atom stereocenters. The summed E-state index contributed by atoms with van der Waals surface area (Å²) < 4.78 is 0. The molecule has 3 aliphatic heterocycles. The molecule has 3 heteroatoms. The van der Waals surface area contributed by atoms with E-state index in [2.05, 4.69) is 23.6 Å². The Hall–Kier alpha value is -0.410. The van der Waals surface area contributed by atoms with Crippen LogP contribution in [0.25, 0.3) is 0 Å². The highest BCUT2D eigenvalue weighted by Crippen LogP contribution is 2.29. The molecule has 0 aromatic carbocycles. The highest BCUT2D eigenvalue weighted by Gasteiger charge is 2.41. The molecule has 0 N–H and O–H groups in total. The number of ketones is 1. The summed E-state index contributed by atoms with van der Waals surface area (Å²) in [5.74, 6) is 0.912. The number of carbonyl (C=O) groups excluding carboxylic acids is 1. The van der Waals surface area contributed by atoms with Crippen LogP contribution in [0, 0.1) is 5.92 Å². The van der Waals surface area contributed by atoms with Gasteiger partial charge in [-0.25, -0.2) is 0 Å². The molecule has 3 rings (SSSR count). The van der Waals surface area contributed by atoms with E-state index < -0.39 is 0 Å². The fraction of sp³-hybridized carbons (Fsp3) is 0.929. The van der Waals surface area contributed by atoms with Crippen LogP contribution in [0.15, 0.2) is 0 Å². The molecule has 0 spiro atoms. The largest absolute Gasteiger partial charge is 0.301 e. The Labute approximate surface area is 105 Å². The summed E-state index contributed by atoms with van der Waals surface area (Å²) >= 11 is 0. The molecule has 1 atom stereocenters. The van der Waals surface area contributed by atoms with Gasteiger partial charge in [0.05, 0.1) is 6.04 Å². The van der Waals surface area contributed by atoms with Crippen LogP contribution in [0.4, 0.5) is 0 Å². The number of hydrogen-bond donors (Lipinski definition) is 0. The van der Waals surface area contributed by atoms with Crippen molar-refractivity contribution in [3.8, 4) is 0 Å². The smallest absolute Gasteiger partial charge is 0.154 e. The zero-order chi connectivity index (χ0) is 12.3. The second-order valence-electron chi connectivity index (χ2n) is 5.53. The van der Waals surface area contributed by atoms with Gasteiger partial charge < -0.3 is 4.90 Å². The Morgan fingerprint density at radius 3 is 2.24 bits per heavy atom. The van der Waals surface area contributed by atoms with Crippen molar-refractivity contribution in [1.82, 2.24) is 9.80 Å². The van der Waals surface area contributed by atoms with Gasteiger partial charge in [0, 0.05) is 12.5 Å². The van der Waals surface area contributed by atoms with Gasteiger partial charge in [-0.1, -0.05) is 13.8 Å². The molecule has 98 valence electrons. The molecule has 0 saturated carbocycles. The molecule has 0 radical (unpaired) electrons. The van der Waals surface area contributed by atoms with Crippen molar-refractivity contribution in [1.29, 1.82) is 0 Å². The highest BCUT2D eigenvalue weighted by molar-refractivity contribution is 5.88. The lowest BCUT2D eigenvalue weighted by molar-refractivity contribution is -0.137. The topological polar surface area (TPSA) is 23.6 Å². The number of piperidine rings is 3. The van der Waals surface area contributed by atoms with Crippen LogP contribution in [-0.2, 0) is 4.79 Å². The van der Waals surface area contributed by atoms with Gasteiger partial charge >= 0.3 is 0 Å². The molecule has 3 nitrogen and oxygen atoms in total. The van der Waals surface area contributed by atoms with Crippen LogP contribution in [0.2, 0.25) is 0 Å². The van der Waals surface area contributed by atoms with E-state index in [1.54, 1.807) is 0 Å². The summed E-state index contributed by atoms with van der Waals surface area (Å²) in [6.45, 7) is 9.97. The second kappa shape index (κ2) is 5.96. The van der Waals surface area contributed by atoms with E-state index in [9.17, 15) is 4.79 Å². The number of hydrogen-bond acceptors (Lipinski definition) is 3. The van der Waals surface area contributed by atoms with Gasteiger partial charge in [0.15, 0.2) is 5.78 Å². The van der Waals surface area contributed by atoms with E-state index in [-0.39, 0.29) is 6.04 Å². The maximum atomic E-state index is 12.3. The van der Waals surface area contributed by atoms with Crippen LogP contribution in [-0.4, -0.2) is 54.3 Å².